The van der Waals surface area contributed by atoms with Crippen molar-refractivity contribution in [1.29, 1.82) is 5.26 Å². The molecule has 1 heterocycles. The molecule has 0 aliphatic carbocycles. The molecular formula is C13H12N2OS. The van der Waals surface area contributed by atoms with Crippen LogP contribution >= 0.6 is 11.8 Å². The fraction of sp³-hybridized carbons (Fsp3) is 0.231. The standard InChI is InChI=1S/C13H12N2OS/c1-9-8-12(17-7-6-14)10-4-3-5-11(16-2)13(10)15-9/h3-5,8H,7H2,1-2H3. The Morgan fingerprint density at radius 1 is 1.47 bits per heavy atom. The van der Waals surface area contributed by atoms with E-state index in [1.54, 1.807) is 7.11 Å². The van der Waals surface area contributed by atoms with Crippen LogP contribution in [0, 0.1) is 18.3 Å². The average molecular weight is 244 g/mol. The zero-order chi connectivity index (χ0) is 12.3. The number of thioether (sulfide) groups is 1. The highest BCUT2D eigenvalue weighted by molar-refractivity contribution is 7.99. The number of para-hydroxylation sites is 1. The van der Waals surface area contributed by atoms with E-state index >= 15 is 0 Å². The Morgan fingerprint density at radius 2 is 2.29 bits per heavy atom. The second-order valence-corrected chi connectivity index (χ2v) is 4.58. The fourth-order valence-electron chi connectivity index (χ4n) is 1.71. The molecule has 0 aliphatic rings. The zero-order valence-corrected chi connectivity index (χ0v) is 10.5. The summed E-state index contributed by atoms with van der Waals surface area (Å²) in [5.41, 5.74) is 1.79. The van der Waals surface area contributed by atoms with E-state index in [4.69, 9.17) is 10.00 Å². The van der Waals surface area contributed by atoms with Crippen LogP contribution in [0.25, 0.3) is 10.9 Å². The number of hydrogen-bond donors (Lipinski definition) is 0. The SMILES string of the molecule is COc1cccc2c(SCC#N)cc(C)nc12. The molecule has 3 nitrogen and oxygen atoms in total. The summed E-state index contributed by atoms with van der Waals surface area (Å²) in [6, 6.07) is 9.98. The van der Waals surface area contributed by atoms with E-state index in [9.17, 15) is 0 Å². The molecule has 0 unspecified atom stereocenters. The minimum absolute atomic E-state index is 0.440. The van der Waals surface area contributed by atoms with Crippen molar-refractivity contribution in [3.8, 4) is 11.8 Å². The van der Waals surface area contributed by atoms with E-state index in [1.807, 2.05) is 31.2 Å². The number of nitrogens with zero attached hydrogens (tertiary/aromatic N) is 2. The molecule has 0 aliphatic heterocycles. The van der Waals surface area contributed by atoms with Crippen molar-refractivity contribution in [1.82, 2.24) is 4.98 Å². The summed E-state index contributed by atoms with van der Waals surface area (Å²) >= 11 is 1.53. The lowest BCUT2D eigenvalue weighted by molar-refractivity contribution is 0.419. The van der Waals surface area contributed by atoms with E-state index in [1.165, 1.54) is 11.8 Å². The topological polar surface area (TPSA) is 45.9 Å². The molecule has 1 aromatic carbocycles. The Kier molecular flexibility index (Phi) is 3.50. The van der Waals surface area contributed by atoms with Gasteiger partial charge in [0.05, 0.1) is 18.9 Å². The van der Waals surface area contributed by atoms with Gasteiger partial charge in [0.1, 0.15) is 11.3 Å². The van der Waals surface area contributed by atoms with Crippen molar-refractivity contribution in [3.05, 3.63) is 30.0 Å². The van der Waals surface area contributed by atoms with Gasteiger partial charge in [0.25, 0.3) is 0 Å². The molecule has 2 rings (SSSR count). The quantitative estimate of drug-likeness (QED) is 0.778. The Balaban J connectivity index is 2.64. The van der Waals surface area contributed by atoms with Gasteiger partial charge >= 0.3 is 0 Å². The van der Waals surface area contributed by atoms with Gasteiger partial charge in [-0.15, -0.1) is 11.8 Å². The summed E-state index contributed by atoms with van der Waals surface area (Å²) in [6.07, 6.45) is 0. The second kappa shape index (κ2) is 5.07. The summed E-state index contributed by atoms with van der Waals surface area (Å²) in [4.78, 5) is 5.57. The molecule has 0 fully saturated rings. The van der Waals surface area contributed by atoms with Gasteiger partial charge in [0.15, 0.2) is 0 Å². The first-order valence-corrected chi connectivity index (χ1v) is 6.19. The second-order valence-electron chi connectivity index (χ2n) is 3.57. The average Bonchev–Trinajstić information content (AvgIpc) is 2.35. The van der Waals surface area contributed by atoms with Crippen LogP contribution in [0.1, 0.15) is 5.69 Å². The Labute approximate surface area is 104 Å². The highest BCUT2D eigenvalue weighted by atomic mass is 32.2. The predicted molar refractivity (Wildman–Crippen MR) is 69.4 cm³/mol. The number of hydrogen-bond acceptors (Lipinski definition) is 4. The van der Waals surface area contributed by atoms with Gasteiger partial charge < -0.3 is 4.74 Å². The molecule has 0 saturated carbocycles. The van der Waals surface area contributed by atoms with E-state index in [2.05, 4.69) is 11.1 Å². The van der Waals surface area contributed by atoms with Crippen LogP contribution in [0.15, 0.2) is 29.2 Å². The molecule has 0 bridgehead atoms. The summed E-state index contributed by atoms with van der Waals surface area (Å²) in [7, 11) is 1.64. The van der Waals surface area contributed by atoms with Crippen LogP contribution in [-0.2, 0) is 0 Å². The molecule has 0 N–H and O–H groups in total. The van der Waals surface area contributed by atoms with Gasteiger partial charge in [-0.3, -0.25) is 0 Å². The van der Waals surface area contributed by atoms with Crippen LogP contribution < -0.4 is 4.74 Å². The van der Waals surface area contributed by atoms with Crippen LogP contribution in [0.2, 0.25) is 0 Å². The molecule has 2 aromatic rings. The summed E-state index contributed by atoms with van der Waals surface area (Å²) in [5, 5.41) is 9.70. The van der Waals surface area contributed by atoms with Crippen LogP contribution in [0.5, 0.6) is 5.75 Å². The fourth-order valence-corrected chi connectivity index (χ4v) is 2.50. The molecule has 17 heavy (non-hydrogen) atoms. The van der Waals surface area contributed by atoms with Crippen LogP contribution in [-0.4, -0.2) is 17.8 Å². The number of fused-ring (bicyclic) bond motifs is 1. The number of methoxy groups -OCH3 is 1. The lowest BCUT2D eigenvalue weighted by atomic mass is 10.2. The van der Waals surface area contributed by atoms with Gasteiger partial charge in [-0.25, -0.2) is 4.98 Å². The maximum atomic E-state index is 8.66. The van der Waals surface area contributed by atoms with Crippen molar-refractivity contribution in [2.24, 2.45) is 0 Å². The molecule has 0 saturated heterocycles. The Hall–Kier alpha value is -1.73. The normalized spacial score (nSPS) is 10.2. The lowest BCUT2D eigenvalue weighted by Gasteiger charge is -2.09. The van der Waals surface area contributed by atoms with E-state index in [0.717, 1.165) is 27.2 Å². The van der Waals surface area contributed by atoms with Gasteiger partial charge in [-0.1, -0.05) is 12.1 Å². The summed E-state index contributed by atoms with van der Waals surface area (Å²) in [5.74, 6) is 1.21. The molecule has 1 aromatic heterocycles. The van der Waals surface area contributed by atoms with E-state index in [-0.39, 0.29) is 0 Å². The van der Waals surface area contributed by atoms with Crippen molar-refractivity contribution >= 4 is 22.7 Å². The third kappa shape index (κ3) is 2.34. The third-order valence-electron chi connectivity index (χ3n) is 2.40. The Morgan fingerprint density at radius 3 is 3.00 bits per heavy atom. The first-order chi connectivity index (χ1) is 8.26. The minimum Gasteiger partial charge on any atom is -0.494 e. The largest absolute Gasteiger partial charge is 0.494 e. The Bertz CT molecular complexity index is 590. The minimum atomic E-state index is 0.440. The highest BCUT2D eigenvalue weighted by Crippen LogP contribution is 2.32. The first-order valence-electron chi connectivity index (χ1n) is 5.20. The lowest BCUT2D eigenvalue weighted by Crippen LogP contribution is -1.91. The molecule has 0 atom stereocenters. The van der Waals surface area contributed by atoms with Gasteiger partial charge in [0, 0.05) is 16.0 Å². The summed E-state index contributed by atoms with van der Waals surface area (Å²) < 4.78 is 5.31. The maximum absolute atomic E-state index is 8.66. The molecule has 0 amide bonds. The molecule has 0 spiro atoms. The zero-order valence-electron chi connectivity index (χ0n) is 9.73. The molecular weight excluding hydrogens is 232 g/mol. The van der Waals surface area contributed by atoms with Gasteiger partial charge in [-0.05, 0) is 19.1 Å². The number of rotatable bonds is 3. The number of ether oxygens (including phenoxy) is 1. The van der Waals surface area contributed by atoms with Crippen molar-refractivity contribution in [3.63, 3.8) is 0 Å². The van der Waals surface area contributed by atoms with Gasteiger partial charge in [0.2, 0.25) is 0 Å². The number of pyridine rings is 1. The molecule has 86 valence electrons. The predicted octanol–water partition coefficient (Wildman–Crippen LogP) is 3.17. The van der Waals surface area contributed by atoms with Gasteiger partial charge in [-0.2, -0.15) is 5.26 Å². The number of aromatic nitrogens is 1. The van der Waals surface area contributed by atoms with Crippen LogP contribution in [0.4, 0.5) is 0 Å². The number of nitriles is 1. The monoisotopic (exact) mass is 244 g/mol. The number of aryl methyl sites for hydroxylation is 1. The number of benzene rings is 1. The van der Waals surface area contributed by atoms with Crippen molar-refractivity contribution in [2.75, 3.05) is 12.9 Å². The smallest absolute Gasteiger partial charge is 0.145 e. The van der Waals surface area contributed by atoms with Crippen LogP contribution in [0.3, 0.4) is 0 Å². The first kappa shape index (κ1) is 11.7. The third-order valence-corrected chi connectivity index (χ3v) is 3.33. The van der Waals surface area contributed by atoms with Crippen molar-refractivity contribution < 1.29 is 4.74 Å². The highest BCUT2D eigenvalue weighted by Gasteiger charge is 2.08. The van der Waals surface area contributed by atoms with E-state index in [0.29, 0.717) is 5.75 Å². The molecule has 4 heteroatoms. The summed E-state index contributed by atoms with van der Waals surface area (Å²) in [6.45, 7) is 1.95. The van der Waals surface area contributed by atoms with Crippen molar-refractivity contribution in [2.45, 2.75) is 11.8 Å². The van der Waals surface area contributed by atoms with E-state index < -0.39 is 0 Å². The molecule has 0 radical (unpaired) electrons. The maximum Gasteiger partial charge on any atom is 0.145 e.